The molecular weight excluding hydrogens is 186 g/mol. The Morgan fingerprint density at radius 3 is 2.60 bits per heavy atom. The average molecular weight is 194 g/mol. The van der Waals surface area contributed by atoms with Gasteiger partial charge in [-0.2, -0.15) is 0 Å². The van der Waals surface area contributed by atoms with Gasteiger partial charge in [0.1, 0.15) is 5.52 Å². The third-order valence-corrected chi connectivity index (χ3v) is 2.63. The summed E-state index contributed by atoms with van der Waals surface area (Å²) in [5, 5.41) is 11.1. The highest BCUT2D eigenvalue weighted by Gasteiger charge is 2.14. The molecule has 1 aromatic heterocycles. The van der Waals surface area contributed by atoms with Gasteiger partial charge < -0.3 is 4.98 Å². The van der Waals surface area contributed by atoms with Gasteiger partial charge in [0.2, 0.25) is 5.39 Å². The number of fused-ring (bicyclic) bond motifs is 3. The lowest BCUT2D eigenvalue weighted by atomic mass is 10.1. The minimum atomic E-state index is 0.573. The van der Waals surface area contributed by atoms with Crippen molar-refractivity contribution in [1.82, 2.24) is 4.98 Å². The van der Waals surface area contributed by atoms with Crippen LogP contribution in [0.5, 0.6) is 0 Å². The Morgan fingerprint density at radius 2 is 1.73 bits per heavy atom. The minimum absolute atomic E-state index is 0.573. The van der Waals surface area contributed by atoms with Crippen molar-refractivity contribution in [3.63, 3.8) is 0 Å². The molecule has 0 spiro atoms. The van der Waals surface area contributed by atoms with E-state index < -0.39 is 0 Å². The normalized spacial score (nSPS) is 10.6. The van der Waals surface area contributed by atoms with Gasteiger partial charge in [-0.1, -0.05) is 30.3 Å². The van der Waals surface area contributed by atoms with E-state index in [1.807, 2.05) is 30.3 Å². The Hall–Kier alpha value is -2.34. The summed E-state index contributed by atoms with van der Waals surface area (Å²) in [7, 11) is 0. The van der Waals surface area contributed by atoms with Crippen LogP contribution in [0.4, 0.5) is 5.69 Å². The van der Waals surface area contributed by atoms with E-state index in [2.05, 4.69) is 16.0 Å². The lowest BCUT2D eigenvalue weighted by Crippen LogP contribution is -1.66. The molecule has 0 atom stereocenters. The number of hydrogen-bond donors (Lipinski definition) is 1. The number of nitrogens with one attached hydrogen (secondary N) is 1. The predicted molar refractivity (Wildman–Crippen MR) is 60.5 cm³/mol. The number of diazo groups is 1. The molecule has 70 valence electrons. The van der Waals surface area contributed by atoms with Gasteiger partial charge in [0.15, 0.2) is 4.98 Å². The number of rotatable bonds is 0. The van der Waals surface area contributed by atoms with Crippen LogP contribution in [0.15, 0.2) is 42.5 Å². The predicted octanol–water partition coefficient (Wildman–Crippen LogP) is 3.81. The molecule has 0 unspecified atom stereocenters. The first-order valence-corrected chi connectivity index (χ1v) is 4.74. The van der Waals surface area contributed by atoms with E-state index in [1.54, 1.807) is 6.07 Å². The maximum absolute atomic E-state index is 8.87. The van der Waals surface area contributed by atoms with Crippen molar-refractivity contribution >= 4 is 27.5 Å². The first-order valence-electron chi connectivity index (χ1n) is 4.74. The highest BCUT2D eigenvalue weighted by Crippen LogP contribution is 2.31. The molecule has 3 aromatic rings. The van der Waals surface area contributed by atoms with Crippen molar-refractivity contribution in [1.29, 1.82) is 5.39 Å². The van der Waals surface area contributed by atoms with Gasteiger partial charge in [-0.05, 0) is 6.07 Å². The largest absolute Gasteiger partial charge is 0.408 e. The van der Waals surface area contributed by atoms with Crippen LogP contribution in [-0.4, -0.2) is 4.98 Å². The maximum Gasteiger partial charge on any atom is 0.408 e. The fraction of sp³-hybridized carbons (Fsp3) is 0. The molecule has 1 heterocycles. The third-order valence-electron chi connectivity index (χ3n) is 2.63. The fourth-order valence-corrected chi connectivity index (χ4v) is 1.94. The monoisotopic (exact) mass is 194 g/mol. The Morgan fingerprint density at radius 1 is 0.933 bits per heavy atom. The van der Waals surface area contributed by atoms with E-state index in [-0.39, 0.29) is 0 Å². The number of aromatic amines is 1. The van der Waals surface area contributed by atoms with Gasteiger partial charge >= 0.3 is 5.69 Å². The molecule has 3 rings (SSSR count). The summed E-state index contributed by atoms with van der Waals surface area (Å²) in [5.74, 6) is 0. The quantitative estimate of drug-likeness (QED) is 0.543. The molecule has 0 bridgehead atoms. The molecule has 3 nitrogen and oxygen atoms in total. The van der Waals surface area contributed by atoms with E-state index in [9.17, 15) is 0 Å². The Labute approximate surface area is 86.0 Å². The van der Waals surface area contributed by atoms with E-state index in [4.69, 9.17) is 5.39 Å². The molecule has 15 heavy (non-hydrogen) atoms. The molecule has 0 saturated heterocycles. The van der Waals surface area contributed by atoms with Crippen molar-refractivity contribution in [3.05, 3.63) is 47.4 Å². The molecule has 0 aliphatic carbocycles. The van der Waals surface area contributed by atoms with Crippen molar-refractivity contribution in [2.75, 3.05) is 0 Å². The molecule has 1 N–H and O–H groups in total. The zero-order chi connectivity index (χ0) is 10.3. The van der Waals surface area contributed by atoms with Gasteiger partial charge in [0, 0.05) is 22.4 Å². The van der Waals surface area contributed by atoms with Crippen LogP contribution in [0.1, 0.15) is 0 Å². The summed E-state index contributed by atoms with van der Waals surface area (Å²) in [6, 6.07) is 13.7. The van der Waals surface area contributed by atoms with Crippen molar-refractivity contribution in [3.8, 4) is 0 Å². The summed E-state index contributed by atoms with van der Waals surface area (Å²) in [4.78, 5) is 6.51. The first-order chi connectivity index (χ1) is 7.40. The van der Waals surface area contributed by atoms with Gasteiger partial charge in [-0.3, -0.25) is 0 Å². The van der Waals surface area contributed by atoms with Crippen LogP contribution in [0.2, 0.25) is 0 Å². The minimum Gasteiger partial charge on any atom is -0.348 e. The Kier molecular flexibility index (Phi) is 1.51. The fourth-order valence-electron chi connectivity index (χ4n) is 1.94. The van der Waals surface area contributed by atoms with E-state index >= 15 is 0 Å². The van der Waals surface area contributed by atoms with Crippen LogP contribution in [-0.2, 0) is 0 Å². The van der Waals surface area contributed by atoms with Crippen LogP contribution < -0.4 is 0 Å². The summed E-state index contributed by atoms with van der Waals surface area (Å²) in [6.45, 7) is 0. The van der Waals surface area contributed by atoms with Gasteiger partial charge in [-0.25, -0.2) is 0 Å². The van der Waals surface area contributed by atoms with Crippen molar-refractivity contribution in [2.24, 2.45) is 0 Å². The number of benzene rings is 2. The first kappa shape index (κ1) is 8.01. The second kappa shape index (κ2) is 2.82. The number of nitrogens with zero attached hydrogens (tertiary/aromatic N) is 2. The van der Waals surface area contributed by atoms with Gasteiger partial charge in [0.25, 0.3) is 0 Å². The summed E-state index contributed by atoms with van der Waals surface area (Å²) in [5.41, 5.74) is 2.51. The SMILES string of the molecule is N#[N+]c1cccc2c1[nH]c1ccccc12. The highest BCUT2D eigenvalue weighted by atomic mass is 14.9. The van der Waals surface area contributed by atoms with Crippen LogP contribution in [0.25, 0.3) is 26.8 Å². The molecule has 0 amide bonds. The van der Waals surface area contributed by atoms with Crippen molar-refractivity contribution < 1.29 is 0 Å². The lowest BCUT2D eigenvalue weighted by molar-refractivity contribution is 1.46. The number of hydrogen-bond acceptors (Lipinski definition) is 1. The number of aromatic nitrogens is 1. The molecule has 3 heteroatoms. The second-order valence-corrected chi connectivity index (χ2v) is 3.47. The van der Waals surface area contributed by atoms with Crippen LogP contribution >= 0.6 is 0 Å². The van der Waals surface area contributed by atoms with Crippen LogP contribution in [0.3, 0.4) is 0 Å². The topological polar surface area (TPSA) is 43.9 Å². The molecule has 0 saturated carbocycles. The lowest BCUT2D eigenvalue weighted by Gasteiger charge is -1.86. The third kappa shape index (κ3) is 1.02. The van der Waals surface area contributed by atoms with Gasteiger partial charge in [-0.15, -0.1) is 0 Å². The summed E-state index contributed by atoms with van der Waals surface area (Å²) >= 11 is 0. The molecule has 0 radical (unpaired) electrons. The average Bonchev–Trinajstić information content (AvgIpc) is 2.67. The van der Waals surface area contributed by atoms with Crippen molar-refractivity contribution in [2.45, 2.75) is 0 Å². The molecule has 2 aromatic carbocycles. The highest BCUT2D eigenvalue weighted by molar-refractivity contribution is 6.11. The molecule has 0 fully saturated rings. The second-order valence-electron chi connectivity index (χ2n) is 3.47. The van der Waals surface area contributed by atoms with E-state index in [0.717, 1.165) is 21.8 Å². The molecule has 0 aliphatic rings. The molecule has 0 aliphatic heterocycles. The van der Waals surface area contributed by atoms with Gasteiger partial charge in [0.05, 0.1) is 0 Å². The number of para-hydroxylation sites is 2. The van der Waals surface area contributed by atoms with E-state index in [0.29, 0.717) is 5.69 Å². The summed E-state index contributed by atoms with van der Waals surface area (Å²) < 4.78 is 0. The van der Waals surface area contributed by atoms with E-state index in [1.165, 1.54) is 0 Å². The maximum atomic E-state index is 8.87. The zero-order valence-corrected chi connectivity index (χ0v) is 7.94. The standard InChI is InChI=1S/C12H8N3/c13-15-11-7-3-5-9-8-4-1-2-6-10(8)14-12(9)11/h1-7,14H/q+1. The Balaban J connectivity index is 2.61. The Bertz CT molecular complexity index is 689. The summed E-state index contributed by atoms with van der Waals surface area (Å²) in [6.07, 6.45) is 0. The smallest absolute Gasteiger partial charge is 0.348 e. The number of H-pyrrole nitrogens is 1. The molecular formula is C12H8N3+. The zero-order valence-electron chi connectivity index (χ0n) is 7.94. The van der Waals surface area contributed by atoms with Crippen LogP contribution in [0, 0.1) is 5.39 Å².